The van der Waals surface area contributed by atoms with Crippen LogP contribution in [0.3, 0.4) is 0 Å². The summed E-state index contributed by atoms with van der Waals surface area (Å²) in [6.45, 7) is 5.70. The number of aromatic hydroxyl groups is 1. The molecule has 0 fully saturated rings. The maximum absolute atomic E-state index is 12.0. The number of hydrogen-bond donors (Lipinski definition) is 2. The van der Waals surface area contributed by atoms with Gasteiger partial charge in [0.2, 0.25) is 0 Å². The van der Waals surface area contributed by atoms with Gasteiger partial charge in [0.05, 0.1) is 19.1 Å². The fourth-order valence-electron chi connectivity index (χ4n) is 2.23. The van der Waals surface area contributed by atoms with Gasteiger partial charge in [0.25, 0.3) is 5.56 Å². The van der Waals surface area contributed by atoms with E-state index in [1.807, 2.05) is 13.8 Å². The van der Waals surface area contributed by atoms with Crippen molar-refractivity contribution in [2.75, 3.05) is 7.11 Å². The van der Waals surface area contributed by atoms with E-state index < -0.39 is 0 Å². The lowest BCUT2D eigenvalue weighted by Gasteiger charge is -2.18. The number of aryl methyl sites for hydroxylation is 1. The van der Waals surface area contributed by atoms with E-state index in [1.165, 1.54) is 13.2 Å². The van der Waals surface area contributed by atoms with Gasteiger partial charge in [-0.2, -0.15) is 0 Å². The lowest BCUT2D eigenvalue weighted by atomic mass is 9.88. The smallest absolute Gasteiger partial charge is 0.306 e. The molecular formula is C14H21NO4. The Morgan fingerprint density at radius 2 is 2.11 bits per heavy atom. The topological polar surface area (TPSA) is 79.4 Å². The zero-order chi connectivity index (χ0) is 14.6. The summed E-state index contributed by atoms with van der Waals surface area (Å²) in [4.78, 5) is 26.1. The van der Waals surface area contributed by atoms with Crippen LogP contribution in [0, 0.1) is 12.8 Å². The number of ether oxygens (including phenoxy) is 1. The number of carbonyl (C=O) groups is 1. The number of hydrogen-bond acceptors (Lipinski definition) is 4. The lowest BCUT2D eigenvalue weighted by Crippen LogP contribution is -2.21. The molecule has 1 atom stereocenters. The van der Waals surface area contributed by atoms with Crippen LogP contribution in [0.4, 0.5) is 0 Å². The highest BCUT2D eigenvalue weighted by atomic mass is 16.5. The number of esters is 1. The summed E-state index contributed by atoms with van der Waals surface area (Å²) in [5.41, 5.74) is 0.518. The van der Waals surface area contributed by atoms with Crippen molar-refractivity contribution >= 4 is 5.97 Å². The van der Waals surface area contributed by atoms with Gasteiger partial charge < -0.3 is 14.8 Å². The molecule has 0 aliphatic rings. The molecule has 0 radical (unpaired) electrons. The van der Waals surface area contributed by atoms with Crippen LogP contribution in [0.1, 0.15) is 43.9 Å². The summed E-state index contributed by atoms with van der Waals surface area (Å²) in [5, 5.41) is 9.97. The van der Waals surface area contributed by atoms with Crippen LogP contribution in [0.2, 0.25) is 0 Å². The molecule has 0 aromatic carbocycles. The quantitative estimate of drug-likeness (QED) is 0.800. The minimum absolute atomic E-state index is 0.0594. The highest BCUT2D eigenvalue weighted by molar-refractivity contribution is 5.70. The van der Waals surface area contributed by atoms with E-state index in [-0.39, 0.29) is 35.2 Å². The number of rotatable bonds is 5. The van der Waals surface area contributed by atoms with Gasteiger partial charge in [-0.25, -0.2) is 0 Å². The van der Waals surface area contributed by atoms with Crippen molar-refractivity contribution in [1.82, 2.24) is 4.98 Å². The minimum atomic E-state index is -0.384. The second-order valence-corrected chi connectivity index (χ2v) is 5.19. The molecule has 5 nitrogen and oxygen atoms in total. The first-order valence-electron chi connectivity index (χ1n) is 6.34. The average Bonchev–Trinajstić information content (AvgIpc) is 2.26. The van der Waals surface area contributed by atoms with Gasteiger partial charge in [0.1, 0.15) is 5.75 Å². The summed E-state index contributed by atoms with van der Waals surface area (Å²) in [6, 6.07) is 1.50. The van der Waals surface area contributed by atoms with E-state index >= 15 is 0 Å². The fraction of sp³-hybridized carbons (Fsp3) is 0.571. The molecular weight excluding hydrogens is 246 g/mol. The third kappa shape index (κ3) is 4.12. The van der Waals surface area contributed by atoms with Gasteiger partial charge in [-0.15, -0.1) is 0 Å². The van der Waals surface area contributed by atoms with Crippen LogP contribution in [0.15, 0.2) is 10.9 Å². The van der Waals surface area contributed by atoms with Gasteiger partial charge >= 0.3 is 5.97 Å². The molecule has 2 N–H and O–H groups in total. The van der Waals surface area contributed by atoms with E-state index in [0.717, 1.165) is 0 Å². The van der Waals surface area contributed by atoms with Crippen LogP contribution in [-0.4, -0.2) is 23.2 Å². The predicted molar refractivity (Wildman–Crippen MR) is 72.3 cm³/mol. The van der Waals surface area contributed by atoms with Crippen molar-refractivity contribution in [2.24, 2.45) is 5.92 Å². The third-order valence-corrected chi connectivity index (χ3v) is 2.99. The maximum atomic E-state index is 12.0. The summed E-state index contributed by atoms with van der Waals surface area (Å²) >= 11 is 0. The molecule has 0 saturated carbocycles. The second kappa shape index (κ2) is 6.41. The normalized spacial score (nSPS) is 12.5. The minimum Gasteiger partial charge on any atom is -0.507 e. The number of aromatic nitrogens is 1. The van der Waals surface area contributed by atoms with Gasteiger partial charge in [-0.1, -0.05) is 13.8 Å². The zero-order valence-corrected chi connectivity index (χ0v) is 11.8. The van der Waals surface area contributed by atoms with Gasteiger partial charge in [0.15, 0.2) is 0 Å². The van der Waals surface area contributed by atoms with Crippen LogP contribution in [0.25, 0.3) is 0 Å². The predicted octanol–water partition coefficient (Wildman–Crippen LogP) is 2.08. The van der Waals surface area contributed by atoms with Crippen LogP contribution < -0.4 is 5.56 Å². The Morgan fingerprint density at radius 1 is 1.47 bits per heavy atom. The lowest BCUT2D eigenvalue weighted by molar-refractivity contribution is -0.141. The first-order valence-corrected chi connectivity index (χ1v) is 6.34. The Hall–Kier alpha value is -1.78. The van der Waals surface area contributed by atoms with E-state index in [0.29, 0.717) is 18.0 Å². The molecule has 1 aromatic heterocycles. The largest absolute Gasteiger partial charge is 0.507 e. The van der Waals surface area contributed by atoms with E-state index in [2.05, 4.69) is 9.72 Å². The number of carbonyl (C=O) groups excluding carboxylic acids is 1. The first kappa shape index (κ1) is 15.3. The van der Waals surface area contributed by atoms with Crippen LogP contribution in [-0.2, 0) is 9.53 Å². The average molecular weight is 267 g/mol. The highest BCUT2D eigenvalue weighted by Gasteiger charge is 2.24. The molecule has 0 bridgehead atoms. The van der Waals surface area contributed by atoms with Crippen molar-refractivity contribution in [1.29, 1.82) is 0 Å². The summed E-state index contributed by atoms with van der Waals surface area (Å²) in [6.07, 6.45) is 0.725. The Kier molecular flexibility index (Phi) is 5.15. The molecule has 106 valence electrons. The Morgan fingerprint density at radius 3 is 2.58 bits per heavy atom. The highest BCUT2D eigenvalue weighted by Crippen LogP contribution is 2.31. The van der Waals surface area contributed by atoms with Crippen molar-refractivity contribution in [3.63, 3.8) is 0 Å². The summed E-state index contributed by atoms with van der Waals surface area (Å²) in [5.74, 6) is -0.479. The molecule has 0 saturated heterocycles. The molecule has 0 aliphatic carbocycles. The zero-order valence-electron chi connectivity index (χ0n) is 11.8. The Bertz CT molecular complexity index is 505. The van der Waals surface area contributed by atoms with E-state index in [9.17, 15) is 14.7 Å². The number of H-pyrrole nitrogens is 1. The number of aromatic amines is 1. The SMILES string of the molecule is COC(=O)C[C@@H](CC(C)C)c1c(O)cc(C)[nH]c1=O. The van der Waals surface area contributed by atoms with Crippen molar-refractivity contribution in [3.8, 4) is 5.75 Å². The maximum Gasteiger partial charge on any atom is 0.306 e. The number of methoxy groups -OCH3 is 1. The molecule has 0 unspecified atom stereocenters. The van der Waals surface area contributed by atoms with Crippen LogP contribution >= 0.6 is 0 Å². The monoisotopic (exact) mass is 267 g/mol. The summed E-state index contributed by atoms with van der Waals surface area (Å²) in [7, 11) is 1.31. The molecule has 0 spiro atoms. The van der Waals surface area contributed by atoms with Gasteiger partial charge in [-0.05, 0) is 25.3 Å². The van der Waals surface area contributed by atoms with Crippen molar-refractivity contribution in [3.05, 3.63) is 27.7 Å². The van der Waals surface area contributed by atoms with Crippen LogP contribution in [0.5, 0.6) is 5.75 Å². The number of nitrogens with one attached hydrogen (secondary N) is 1. The molecule has 1 aromatic rings. The number of pyridine rings is 1. The first-order chi connectivity index (χ1) is 8.85. The van der Waals surface area contributed by atoms with E-state index in [4.69, 9.17) is 0 Å². The Balaban J connectivity index is 3.17. The molecule has 5 heteroatoms. The fourth-order valence-corrected chi connectivity index (χ4v) is 2.23. The molecule has 19 heavy (non-hydrogen) atoms. The summed E-state index contributed by atoms with van der Waals surface area (Å²) < 4.78 is 4.65. The van der Waals surface area contributed by atoms with Gasteiger partial charge in [-0.3, -0.25) is 9.59 Å². The second-order valence-electron chi connectivity index (χ2n) is 5.19. The molecule has 1 heterocycles. The standard InChI is InChI=1S/C14H21NO4/c1-8(2)5-10(7-12(17)19-4)13-11(16)6-9(3)15-14(13)18/h6,8,10H,5,7H2,1-4H3,(H2,15,16,18)/t10-/m1/s1. The van der Waals surface area contributed by atoms with E-state index in [1.54, 1.807) is 6.92 Å². The molecule has 0 aliphatic heterocycles. The molecule has 1 rings (SSSR count). The molecule has 0 amide bonds. The van der Waals surface area contributed by atoms with Gasteiger partial charge in [0, 0.05) is 11.6 Å². The third-order valence-electron chi connectivity index (χ3n) is 2.99. The van der Waals surface area contributed by atoms with Crippen molar-refractivity contribution in [2.45, 2.75) is 39.5 Å². The Labute approximate surface area is 112 Å². The van der Waals surface area contributed by atoms with Crippen molar-refractivity contribution < 1.29 is 14.6 Å².